The average Bonchev–Trinajstić information content (AvgIpc) is 3.41. The normalized spacial score (nSPS) is 14.2. The molecular weight excluding hydrogens is 575 g/mol. The van der Waals surface area contributed by atoms with Crippen molar-refractivity contribution in [3.05, 3.63) is 167 Å². The molecule has 0 saturated carbocycles. The molecule has 206 valence electrons. The Morgan fingerprint density at radius 1 is 0.732 bits per heavy atom. The maximum atomic E-state index is 5.14. The van der Waals surface area contributed by atoms with Crippen LogP contribution in [0.1, 0.15) is 44.5 Å². The van der Waals surface area contributed by atoms with E-state index in [-0.39, 0.29) is 0 Å². The summed E-state index contributed by atoms with van der Waals surface area (Å²) in [6.45, 7) is 12.1. The fourth-order valence-electron chi connectivity index (χ4n) is 4.66. The molecular formula is C36H33NS4. The maximum Gasteiger partial charge on any atom is 0.0478 e. The van der Waals surface area contributed by atoms with E-state index in [0.717, 1.165) is 33.8 Å². The smallest absolute Gasteiger partial charge is 0.0478 e. The monoisotopic (exact) mass is 607 g/mol. The fourth-order valence-corrected chi connectivity index (χ4v) is 9.02. The number of benzene rings is 4. The molecule has 1 aliphatic rings. The van der Waals surface area contributed by atoms with E-state index in [1.165, 1.54) is 43.2 Å². The van der Waals surface area contributed by atoms with Gasteiger partial charge in [-0.1, -0.05) is 109 Å². The van der Waals surface area contributed by atoms with Gasteiger partial charge in [-0.2, -0.15) is 0 Å². The molecule has 0 N–H and O–H groups in total. The first kappa shape index (κ1) is 29.7. The van der Waals surface area contributed by atoms with Gasteiger partial charge in [0.15, 0.2) is 0 Å². The standard InChI is InChI=1S/C36H33NS4/c1-5-11-27-17-21-29(22-18-27)34(33(38)31-15-9-7-13-25(31)3)39-37-40-35(30-23-19-28(12-6-2)20-24-30)36(41-37)32-16-10-8-14-26(32)4/h5-10,13-24,38H,1-2,11-12H2,3-4H3/b34-33-. The minimum atomic E-state index is 0.856. The van der Waals surface area contributed by atoms with Crippen LogP contribution < -0.4 is 0 Å². The van der Waals surface area contributed by atoms with Crippen molar-refractivity contribution in [2.24, 2.45) is 0 Å². The second kappa shape index (κ2) is 13.9. The molecule has 0 aliphatic carbocycles. The second-order valence-electron chi connectivity index (χ2n) is 9.84. The topological polar surface area (TPSA) is 3.24 Å². The zero-order valence-electron chi connectivity index (χ0n) is 23.3. The lowest BCUT2D eigenvalue weighted by Gasteiger charge is -2.19. The zero-order valence-corrected chi connectivity index (χ0v) is 26.7. The molecule has 4 aromatic carbocycles. The average molecular weight is 608 g/mol. The van der Waals surface area contributed by atoms with Crippen LogP contribution in [-0.2, 0) is 12.8 Å². The predicted molar refractivity (Wildman–Crippen MR) is 190 cm³/mol. The Bertz CT molecular complexity index is 1610. The molecule has 1 heterocycles. The first-order valence-electron chi connectivity index (χ1n) is 13.5. The van der Waals surface area contributed by atoms with Crippen LogP contribution in [0.5, 0.6) is 0 Å². The summed E-state index contributed by atoms with van der Waals surface area (Å²) in [7, 11) is 0. The SMILES string of the molecule is C=CCc1ccc(C2=C(c3ccccc3C)SN(S/C(=C(\S)c3ccccc3C)c3ccc(CC=C)cc3)S2)cc1. The predicted octanol–water partition coefficient (Wildman–Crippen LogP) is 11.3. The largest absolute Gasteiger partial charge is 0.142 e. The summed E-state index contributed by atoms with van der Waals surface area (Å²) in [6.07, 6.45) is 5.62. The molecule has 41 heavy (non-hydrogen) atoms. The Kier molecular flexibility index (Phi) is 10.1. The number of hydrogen-bond acceptors (Lipinski definition) is 5. The van der Waals surface area contributed by atoms with Crippen LogP contribution in [0.25, 0.3) is 19.6 Å². The highest BCUT2D eigenvalue weighted by Gasteiger charge is 2.30. The van der Waals surface area contributed by atoms with Gasteiger partial charge < -0.3 is 0 Å². The van der Waals surface area contributed by atoms with Crippen LogP contribution in [0.4, 0.5) is 0 Å². The van der Waals surface area contributed by atoms with Gasteiger partial charge in [0.2, 0.25) is 0 Å². The minimum absolute atomic E-state index is 0.856. The van der Waals surface area contributed by atoms with Crippen LogP contribution in [0, 0.1) is 13.8 Å². The Hall–Kier alpha value is -2.80. The summed E-state index contributed by atoms with van der Waals surface area (Å²) < 4.78 is 2.32. The van der Waals surface area contributed by atoms with Gasteiger partial charge in [-0.15, -0.1) is 28.9 Å². The van der Waals surface area contributed by atoms with Crippen molar-refractivity contribution in [2.45, 2.75) is 26.7 Å². The molecule has 0 bridgehead atoms. The van der Waals surface area contributed by atoms with Gasteiger partial charge in [0, 0.05) is 19.6 Å². The molecule has 4 aromatic rings. The van der Waals surface area contributed by atoms with Crippen molar-refractivity contribution in [1.82, 2.24) is 3.12 Å². The third kappa shape index (κ3) is 6.99. The van der Waals surface area contributed by atoms with Crippen molar-refractivity contribution in [3.63, 3.8) is 0 Å². The van der Waals surface area contributed by atoms with E-state index < -0.39 is 0 Å². The molecule has 1 nitrogen and oxygen atoms in total. The Labute approximate surface area is 263 Å². The van der Waals surface area contributed by atoms with E-state index in [9.17, 15) is 0 Å². The molecule has 5 heteroatoms. The molecule has 0 fully saturated rings. The van der Waals surface area contributed by atoms with Gasteiger partial charge in [-0.05, 0) is 107 Å². The third-order valence-corrected chi connectivity index (χ3v) is 11.3. The summed E-state index contributed by atoms with van der Waals surface area (Å²) in [5.41, 5.74) is 9.78. The summed E-state index contributed by atoms with van der Waals surface area (Å²) in [5.74, 6) is 0. The lowest BCUT2D eigenvalue weighted by atomic mass is 10.0. The van der Waals surface area contributed by atoms with E-state index in [2.05, 4.69) is 127 Å². The molecule has 1 aliphatic heterocycles. The Morgan fingerprint density at radius 2 is 1.29 bits per heavy atom. The summed E-state index contributed by atoms with van der Waals surface area (Å²) in [4.78, 5) is 4.64. The summed E-state index contributed by atoms with van der Waals surface area (Å²) >= 11 is 10.5. The van der Waals surface area contributed by atoms with Crippen LogP contribution in [0.2, 0.25) is 0 Å². The number of thiol groups is 1. The maximum absolute atomic E-state index is 5.14. The molecule has 5 rings (SSSR count). The number of rotatable bonds is 10. The van der Waals surface area contributed by atoms with Crippen LogP contribution in [-0.4, -0.2) is 3.12 Å². The third-order valence-electron chi connectivity index (χ3n) is 6.90. The zero-order chi connectivity index (χ0) is 28.8. The quantitative estimate of drug-likeness (QED) is 0.0826. The molecule has 0 amide bonds. The van der Waals surface area contributed by atoms with E-state index in [0.29, 0.717) is 0 Å². The molecule has 0 saturated heterocycles. The minimum Gasteiger partial charge on any atom is -0.142 e. The highest BCUT2D eigenvalue weighted by molar-refractivity contribution is 8.36. The van der Waals surface area contributed by atoms with E-state index in [1.54, 1.807) is 35.8 Å². The summed E-state index contributed by atoms with van der Waals surface area (Å²) in [6, 6.07) is 34.8. The van der Waals surface area contributed by atoms with Crippen molar-refractivity contribution in [1.29, 1.82) is 0 Å². The molecule has 0 aromatic heterocycles. The Morgan fingerprint density at radius 3 is 1.90 bits per heavy atom. The van der Waals surface area contributed by atoms with Crippen LogP contribution in [0.3, 0.4) is 0 Å². The lowest BCUT2D eigenvalue weighted by molar-refractivity contribution is 1.27. The van der Waals surface area contributed by atoms with E-state index in [4.69, 9.17) is 12.6 Å². The fraction of sp³-hybridized carbons (Fsp3) is 0.111. The van der Waals surface area contributed by atoms with Crippen molar-refractivity contribution in [2.75, 3.05) is 0 Å². The summed E-state index contributed by atoms with van der Waals surface area (Å²) in [5, 5.41) is 0. The van der Waals surface area contributed by atoms with Crippen LogP contribution >= 0.6 is 48.5 Å². The van der Waals surface area contributed by atoms with Gasteiger partial charge in [-0.25, -0.2) is 0 Å². The van der Waals surface area contributed by atoms with Gasteiger partial charge in [-0.3, -0.25) is 0 Å². The van der Waals surface area contributed by atoms with Crippen LogP contribution in [0.15, 0.2) is 122 Å². The van der Waals surface area contributed by atoms with Crippen molar-refractivity contribution < 1.29 is 0 Å². The van der Waals surface area contributed by atoms with E-state index in [1.807, 2.05) is 12.2 Å². The van der Waals surface area contributed by atoms with E-state index >= 15 is 0 Å². The number of allylic oxidation sites excluding steroid dienone is 2. The second-order valence-corrected chi connectivity index (χ2v) is 13.9. The molecule has 0 unspecified atom stereocenters. The van der Waals surface area contributed by atoms with Crippen molar-refractivity contribution >= 4 is 68.1 Å². The molecule has 0 spiro atoms. The molecule has 0 atom stereocenters. The first-order chi connectivity index (χ1) is 20.0. The van der Waals surface area contributed by atoms with Gasteiger partial charge in [0.25, 0.3) is 0 Å². The Balaban J connectivity index is 1.54. The number of nitrogens with zero attached hydrogens (tertiary/aromatic N) is 1. The highest BCUT2D eigenvalue weighted by atomic mass is 32.3. The first-order valence-corrected chi connectivity index (χ1v) is 16.3. The van der Waals surface area contributed by atoms with Gasteiger partial charge in [0.05, 0.1) is 0 Å². The van der Waals surface area contributed by atoms with Crippen molar-refractivity contribution in [3.8, 4) is 0 Å². The molecule has 0 radical (unpaired) electrons. The van der Waals surface area contributed by atoms with Gasteiger partial charge >= 0.3 is 0 Å². The highest BCUT2D eigenvalue weighted by Crippen LogP contribution is 2.59. The number of hydrogen-bond donors (Lipinski definition) is 1. The van der Waals surface area contributed by atoms with Gasteiger partial charge in [0.1, 0.15) is 0 Å². The number of aryl methyl sites for hydroxylation is 2. The lowest BCUT2D eigenvalue weighted by Crippen LogP contribution is -1.95.